The molecule has 1 N–H and O–H groups in total. The molecule has 24 heavy (non-hydrogen) atoms. The standard InChI is InChI=1S/C16H27F2N3O3/c1-15(2,3)19-13(22)11-20-8-9-24-12(10-20)14(23)21-6-4-16(17,18)5-7-21/h12H,4-11H2,1-3H3,(H,19,22). The first-order valence-electron chi connectivity index (χ1n) is 8.37. The molecule has 0 aromatic heterocycles. The minimum atomic E-state index is -2.68. The van der Waals surface area contributed by atoms with Crippen LogP contribution < -0.4 is 5.32 Å². The molecule has 8 heteroatoms. The van der Waals surface area contributed by atoms with Crippen molar-refractivity contribution in [2.75, 3.05) is 39.3 Å². The summed E-state index contributed by atoms with van der Waals surface area (Å²) >= 11 is 0. The minimum Gasteiger partial charge on any atom is -0.366 e. The van der Waals surface area contributed by atoms with Crippen molar-refractivity contribution in [2.24, 2.45) is 0 Å². The number of nitrogens with one attached hydrogen (secondary N) is 1. The minimum absolute atomic E-state index is 0.0518. The summed E-state index contributed by atoms with van der Waals surface area (Å²) in [5.74, 6) is -3.04. The quantitative estimate of drug-likeness (QED) is 0.823. The van der Waals surface area contributed by atoms with E-state index in [-0.39, 0.29) is 49.8 Å². The van der Waals surface area contributed by atoms with Gasteiger partial charge in [0.15, 0.2) is 0 Å². The molecule has 2 rings (SSSR count). The van der Waals surface area contributed by atoms with E-state index >= 15 is 0 Å². The Bertz CT molecular complexity index is 470. The molecule has 6 nitrogen and oxygen atoms in total. The van der Waals surface area contributed by atoms with Crippen LogP contribution in [0.4, 0.5) is 8.78 Å². The van der Waals surface area contributed by atoms with E-state index < -0.39 is 12.0 Å². The van der Waals surface area contributed by atoms with Crippen LogP contribution in [-0.2, 0) is 14.3 Å². The first-order chi connectivity index (χ1) is 11.1. The van der Waals surface area contributed by atoms with Crippen LogP contribution in [0.15, 0.2) is 0 Å². The van der Waals surface area contributed by atoms with Gasteiger partial charge in [0.2, 0.25) is 5.91 Å². The maximum absolute atomic E-state index is 13.2. The average Bonchev–Trinajstić information content (AvgIpc) is 2.44. The molecule has 0 aliphatic carbocycles. The molecular weight excluding hydrogens is 320 g/mol. The Morgan fingerprint density at radius 2 is 1.83 bits per heavy atom. The highest BCUT2D eigenvalue weighted by Crippen LogP contribution is 2.28. The maximum atomic E-state index is 13.2. The summed E-state index contributed by atoms with van der Waals surface area (Å²) in [4.78, 5) is 27.8. The van der Waals surface area contributed by atoms with Gasteiger partial charge in [-0.3, -0.25) is 14.5 Å². The van der Waals surface area contributed by atoms with E-state index in [1.54, 1.807) is 0 Å². The van der Waals surface area contributed by atoms with Crippen molar-refractivity contribution in [1.82, 2.24) is 15.1 Å². The number of hydrogen-bond acceptors (Lipinski definition) is 4. The van der Waals surface area contributed by atoms with Gasteiger partial charge in [0.25, 0.3) is 11.8 Å². The Hall–Kier alpha value is -1.28. The fourth-order valence-electron chi connectivity index (χ4n) is 2.91. The highest BCUT2D eigenvalue weighted by Gasteiger charge is 2.38. The van der Waals surface area contributed by atoms with Crippen LogP contribution in [0.25, 0.3) is 0 Å². The molecule has 0 spiro atoms. The lowest BCUT2D eigenvalue weighted by Gasteiger charge is -2.37. The summed E-state index contributed by atoms with van der Waals surface area (Å²) in [5, 5.41) is 2.88. The normalized spacial score (nSPS) is 25.4. The van der Waals surface area contributed by atoms with Crippen LogP contribution in [0.3, 0.4) is 0 Å². The number of carbonyl (C=O) groups is 2. The third-order valence-corrected chi connectivity index (χ3v) is 4.11. The third-order valence-electron chi connectivity index (χ3n) is 4.11. The van der Waals surface area contributed by atoms with Gasteiger partial charge in [-0.2, -0.15) is 0 Å². The molecule has 2 fully saturated rings. The van der Waals surface area contributed by atoms with E-state index in [1.165, 1.54) is 4.90 Å². The van der Waals surface area contributed by atoms with Crippen LogP contribution in [-0.4, -0.2) is 78.5 Å². The maximum Gasteiger partial charge on any atom is 0.253 e. The number of hydrogen-bond donors (Lipinski definition) is 1. The molecule has 0 bridgehead atoms. The van der Waals surface area contributed by atoms with Gasteiger partial charge in [-0.25, -0.2) is 8.78 Å². The van der Waals surface area contributed by atoms with Crippen molar-refractivity contribution in [1.29, 1.82) is 0 Å². The van der Waals surface area contributed by atoms with Crippen LogP contribution in [0.1, 0.15) is 33.6 Å². The molecule has 2 amide bonds. The predicted molar refractivity (Wildman–Crippen MR) is 84.8 cm³/mol. The van der Waals surface area contributed by atoms with Gasteiger partial charge in [-0.1, -0.05) is 0 Å². The zero-order chi connectivity index (χ0) is 18.0. The topological polar surface area (TPSA) is 61.9 Å². The van der Waals surface area contributed by atoms with Crippen molar-refractivity contribution in [3.05, 3.63) is 0 Å². The van der Waals surface area contributed by atoms with Crippen molar-refractivity contribution >= 4 is 11.8 Å². The van der Waals surface area contributed by atoms with Gasteiger partial charge < -0.3 is 15.0 Å². The number of alkyl halides is 2. The molecule has 2 aliphatic rings. The molecule has 0 aromatic rings. The molecule has 1 atom stereocenters. The van der Waals surface area contributed by atoms with Crippen LogP contribution >= 0.6 is 0 Å². The Balaban J connectivity index is 1.84. The molecule has 0 aromatic carbocycles. The molecule has 0 saturated carbocycles. The highest BCUT2D eigenvalue weighted by atomic mass is 19.3. The summed E-state index contributed by atoms with van der Waals surface area (Å²) in [6.45, 7) is 7.24. The Labute approximate surface area is 141 Å². The molecular formula is C16H27F2N3O3. The summed E-state index contributed by atoms with van der Waals surface area (Å²) in [6.07, 6.45) is -1.29. The predicted octanol–water partition coefficient (Wildman–Crippen LogP) is 0.860. The number of likely N-dealkylation sites (tertiary alicyclic amines) is 1. The van der Waals surface area contributed by atoms with E-state index in [2.05, 4.69) is 5.32 Å². The first-order valence-corrected chi connectivity index (χ1v) is 8.37. The van der Waals surface area contributed by atoms with Crippen molar-refractivity contribution < 1.29 is 23.1 Å². The Kier molecular flexibility index (Phi) is 5.80. The second kappa shape index (κ2) is 7.31. The van der Waals surface area contributed by atoms with Gasteiger partial charge in [-0.15, -0.1) is 0 Å². The summed E-state index contributed by atoms with van der Waals surface area (Å²) in [6, 6.07) is 0. The molecule has 2 heterocycles. The van der Waals surface area contributed by atoms with Crippen molar-refractivity contribution in [3.8, 4) is 0 Å². The number of piperidine rings is 1. The number of nitrogens with zero attached hydrogens (tertiary/aromatic N) is 2. The highest BCUT2D eigenvalue weighted by molar-refractivity contribution is 5.82. The van der Waals surface area contributed by atoms with Gasteiger partial charge >= 0.3 is 0 Å². The summed E-state index contributed by atoms with van der Waals surface area (Å²) in [5.41, 5.74) is -0.308. The molecule has 1 unspecified atom stereocenters. The van der Waals surface area contributed by atoms with E-state index in [1.807, 2.05) is 25.7 Å². The number of morpholine rings is 1. The van der Waals surface area contributed by atoms with E-state index in [0.29, 0.717) is 19.7 Å². The number of halogens is 2. The molecule has 0 radical (unpaired) electrons. The molecule has 138 valence electrons. The van der Waals surface area contributed by atoms with Crippen molar-refractivity contribution in [2.45, 2.75) is 51.2 Å². The van der Waals surface area contributed by atoms with Crippen LogP contribution in [0.5, 0.6) is 0 Å². The SMILES string of the molecule is CC(C)(C)NC(=O)CN1CCOC(C(=O)N2CCC(F)(F)CC2)C1. The molecule has 2 saturated heterocycles. The zero-order valence-electron chi connectivity index (χ0n) is 14.6. The van der Waals surface area contributed by atoms with Gasteiger partial charge in [0.1, 0.15) is 6.10 Å². The fourth-order valence-corrected chi connectivity index (χ4v) is 2.91. The second-order valence-corrected chi connectivity index (χ2v) is 7.57. The molecule has 2 aliphatic heterocycles. The summed E-state index contributed by atoms with van der Waals surface area (Å²) < 4.78 is 31.9. The first kappa shape index (κ1) is 19.1. The van der Waals surface area contributed by atoms with Crippen LogP contribution in [0.2, 0.25) is 0 Å². The third kappa shape index (κ3) is 5.66. The smallest absolute Gasteiger partial charge is 0.253 e. The van der Waals surface area contributed by atoms with Gasteiger partial charge in [-0.05, 0) is 20.8 Å². The number of carbonyl (C=O) groups excluding carboxylic acids is 2. The number of rotatable bonds is 3. The van der Waals surface area contributed by atoms with Gasteiger partial charge in [0, 0.05) is 44.6 Å². The average molecular weight is 347 g/mol. The lowest BCUT2D eigenvalue weighted by atomic mass is 10.1. The van der Waals surface area contributed by atoms with E-state index in [0.717, 1.165) is 0 Å². The number of ether oxygens (including phenoxy) is 1. The fraction of sp³-hybridized carbons (Fsp3) is 0.875. The Morgan fingerprint density at radius 1 is 1.21 bits per heavy atom. The lowest BCUT2D eigenvalue weighted by molar-refractivity contribution is -0.155. The van der Waals surface area contributed by atoms with Gasteiger partial charge in [0.05, 0.1) is 13.2 Å². The van der Waals surface area contributed by atoms with Crippen LogP contribution in [0, 0.1) is 0 Å². The summed E-state index contributed by atoms with van der Waals surface area (Å²) in [7, 11) is 0. The lowest BCUT2D eigenvalue weighted by Crippen LogP contribution is -2.55. The zero-order valence-corrected chi connectivity index (χ0v) is 14.6. The van der Waals surface area contributed by atoms with E-state index in [9.17, 15) is 18.4 Å². The second-order valence-electron chi connectivity index (χ2n) is 7.57. The largest absolute Gasteiger partial charge is 0.366 e. The Morgan fingerprint density at radius 3 is 2.42 bits per heavy atom. The van der Waals surface area contributed by atoms with E-state index in [4.69, 9.17) is 4.74 Å². The van der Waals surface area contributed by atoms with Crippen molar-refractivity contribution in [3.63, 3.8) is 0 Å². The monoisotopic (exact) mass is 347 g/mol. The number of amides is 2.